The third kappa shape index (κ3) is 3.89. The third-order valence-electron chi connectivity index (χ3n) is 1.60. The average molecular weight is 304 g/mol. The molecular weight excluding hydrogens is 299 g/mol. The molecule has 7 heteroatoms. The monoisotopic (exact) mass is 302 g/mol. The van der Waals surface area contributed by atoms with Crippen molar-refractivity contribution in [2.45, 2.75) is 6.42 Å². The van der Waals surface area contributed by atoms with Crippen molar-refractivity contribution in [3.8, 4) is 0 Å². The SMILES string of the molecule is O=S(=O)(Cl)C(=S)Cc1ccc(Cl)c(Cl)c1. The Hall–Kier alpha value is 0.130. The fourth-order valence-electron chi connectivity index (χ4n) is 0.902. The molecule has 0 aromatic heterocycles. The molecule has 0 saturated heterocycles. The first kappa shape index (κ1) is 13.2. The molecular formula is C8H5Cl3O2S2. The third-order valence-corrected chi connectivity index (χ3v) is 4.67. The van der Waals surface area contributed by atoms with Gasteiger partial charge < -0.3 is 0 Å². The minimum Gasteiger partial charge on any atom is -0.206 e. The Labute approximate surface area is 108 Å². The van der Waals surface area contributed by atoms with E-state index in [2.05, 4.69) is 12.2 Å². The molecule has 82 valence electrons. The van der Waals surface area contributed by atoms with Crippen LogP contribution >= 0.6 is 46.1 Å². The molecule has 0 bridgehead atoms. The molecule has 0 fully saturated rings. The lowest BCUT2D eigenvalue weighted by Crippen LogP contribution is -2.08. The van der Waals surface area contributed by atoms with Gasteiger partial charge in [0.2, 0.25) is 0 Å². The Balaban J connectivity index is 2.92. The first-order chi connectivity index (χ1) is 6.80. The fraction of sp³-hybridized carbons (Fsp3) is 0.125. The van der Waals surface area contributed by atoms with Crippen molar-refractivity contribution in [2.75, 3.05) is 0 Å². The minimum atomic E-state index is -3.80. The van der Waals surface area contributed by atoms with Crippen LogP contribution in [0.25, 0.3) is 0 Å². The molecule has 0 unspecified atom stereocenters. The van der Waals surface area contributed by atoms with Crippen molar-refractivity contribution in [1.82, 2.24) is 0 Å². The summed E-state index contributed by atoms with van der Waals surface area (Å²) in [5.74, 6) is 0. The first-order valence-electron chi connectivity index (χ1n) is 3.72. The number of hydrogen-bond acceptors (Lipinski definition) is 3. The standard InChI is InChI=1S/C8H5Cl3O2S2/c9-6-2-1-5(3-7(6)10)4-8(14)15(11,12)13/h1-3H,4H2. The van der Waals surface area contributed by atoms with Gasteiger partial charge in [0.05, 0.1) is 10.0 Å². The Kier molecular flexibility index (Phi) is 4.38. The van der Waals surface area contributed by atoms with Gasteiger partial charge >= 0.3 is 0 Å². The highest BCUT2D eigenvalue weighted by atomic mass is 35.7. The summed E-state index contributed by atoms with van der Waals surface area (Å²) in [6, 6.07) is 4.77. The predicted octanol–water partition coefficient (Wildman–Crippen LogP) is 3.43. The van der Waals surface area contributed by atoms with Crippen LogP contribution in [0.15, 0.2) is 18.2 Å². The van der Waals surface area contributed by atoms with E-state index >= 15 is 0 Å². The van der Waals surface area contributed by atoms with Crippen molar-refractivity contribution in [1.29, 1.82) is 0 Å². The van der Waals surface area contributed by atoms with Gasteiger partial charge in [-0.1, -0.05) is 41.5 Å². The number of benzene rings is 1. The smallest absolute Gasteiger partial charge is 0.206 e. The molecule has 15 heavy (non-hydrogen) atoms. The van der Waals surface area contributed by atoms with Gasteiger partial charge in [0, 0.05) is 17.1 Å². The lowest BCUT2D eigenvalue weighted by atomic mass is 10.2. The maximum Gasteiger partial charge on any atom is 0.267 e. The molecule has 1 aromatic carbocycles. The zero-order chi connectivity index (χ0) is 11.6. The van der Waals surface area contributed by atoms with Crippen molar-refractivity contribution in [3.63, 3.8) is 0 Å². The van der Waals surface area contributed by atoms with Gasteiger partial charge in [-0.05, 0) is 17.7 Å². The largest absolute Gasteiger partial charge is 0.267 e. The average Bonchev–Trinajstić information content (AvgIpc) is 2.10. The zero-order valence-corrected chi connectivity index (χ0v) is 11.1. The molecule has 2 nitrogen and oxygen atoms in total. The normalized spacial score (nSPS) is 11.4. The zero-order valence-electron chi connectivity index (χ0n) is 7.21. The van der Waals surface area contributed by atoms with E-state index in [1.807, 2.05) is 0 Å². The summed E-state index contributed by atoms with van der Waals surface area (Å²) >= 11 is 16.1. The van der Waals surface area contributed by atoms with Crippen molar-refractivity contribution in [2.24, 2.45) is 0 Å². The Bertz CT molecular complexity index is 497. The second kappa shape index (κ2) is 4.97. The number of halogens is 3. The van der Waals surface area contributed by atoms with Crippen LogP contribution in [0.3, 0.4) is 0 Å². The summed E-state index contributed by atoms with van der Waals surface area (Å²) in [4.78, 5) is 0. The summed E-state index contributed by atoms with van der Waals surface area (Å²) in [5, 5.41) is 0.754. The molecule has 0 heterocycles. The van der Waals surface area contributed by atoms with Crippen LogP contribution in [0.2, 0.25) is 10.0 Å². The van der Waals surface area contributed by atoms with E-state index in [-0.39, 0.29) is 10.6 Å². The highest BCUT2D eigenvalue weighted by Gasteiger charge is 2.14. The molecule has 0 aliphatic rings. The van der Waals surface area contributed by atoms with Gasteiger partial charge in [-0.2, -0.15) is 0 Å². The summed E-state index contributed by atoms with van der Waals surface area (Å²) < 4.78 is 21.5. The Morgan fingerprint density at radius 1 is 1.27 bits per heavy atom. The molecule has 0 aliphatic carbocycles. The van der Waals surface area contributed by atoms with Crippen LogP contribution in [0, 0.1) is 0 Å². The molecule has 0 radical (unpaired) electrons. The minimum absolute atomic E-state index is 0.0536. The van der Waals surface area contributed by atoms with Crippen LogP contribution in [-0.2, 0) is 15.5 Å². The quantitative estimate of drug-likeness (QED) is 0.620. The van der Waals surface area contributed by atoms with Crippen LogP contribution in [0.4, 0.5) is 0 Å². The maximum absolute atomic E-state index is 10.9. The summed E-state index contributed by atoms with van der Waals surface area (Å²) in [7, 11) is 1.28. The van der Waals surface area contributed by atoms with E-state index < -0.39 is 9.05 Å². The van der Waals surface area contributed by atoms with E-state index in [9.17, 15) is 8.42 Å². The number of thiocarbonyl (C=S) groups is 1. The van der Waals surface area contributed by atoms with Crippen LogP contribution in [0.1, 0.15) is 5.56 Å². The second-order valence-electron chi connectivity index (χ2n) is 2.74. The van der Waals surface area contributed by atoms with Gasteiger partial charge in [-0.25, -0.2) is 8.42 Å². The summed E-state index contributed by atoms with van der Waals surface area (Å²) in [5.41, 5.74) is 0.652. The van der Waals surface area contributed by atoms with Gasteiger partial charge in [-0.15, -0.1) is 0 Å². The Morgan fingerprint density at radius 2 is 1.87 bits per heavy atom. The van der Waals surface area contributed by atoms with E-state index in [0.29, 0.717) is 15.6 Å². The summed E-state index contributed by atoms with van der Waals surface area (Å²) in [6.45, 7) is 0. The Morgan fingerprint density at radius 3 is 2.33 bits per heavy atom. The van der Waals surface area contributed by atoms with Crippen molar-refractivity contribution >= 4 is 59.3 Å². The van der Waals surface area contributed by atoms with E-state index in [1.165, 1.54) is 0 Å². The molecule has 0 N–H and O–H groups in total. The molecule has 0 aliphatic heterocycles. The highest BCUT2D eigenvalue weighted by Crippen LogP contribution is 2.23. The number of rotatable bonds is 2. The summed E-state index contributed by atoms with van der Waals surface area (Å²) in [6.07, 6.45) is 0.0536. The van der Waals surface area contributed by atoms with Crippen molar-refractivity contribution in [3.05, 3.63) is 33.8 Å². The topological polar surface area (TPSA) is 34.1 Å². The maximum atomic E-state index is 10.9. The van der Waals surface area contributed by atoms with Crippen molar-refractivity contribution < 1.29 is 8.42 Å². The van der Waals surface area contributed by atoms with Crippen LogP contribution in [-0.4, -0.2) is 12.6 Å². The lowest BCUT2D eigenvalue weighted by molar-refractivity contribution is 0.619. The molecule has 1 rings (SSSR count). The molecule has 1 aromatic rings. The van der Waals surface area contributed by atoms with Gasteiger partial charge in [0.25, 0.3) is 9.05 Å². The van der Waals surface area contributed by atoms with E-state index in [1.54, 1.807) is 18.2 Å². The van der Waals surface area contributed by atoms with Crippen LogP contribution < -0.4 is 0 Å². The predicted molar refractivity (Wildman–Crippen MR) is 67.5 cm³/mol. The second-order valence-corrected chi connectivity index (χ2v) is 6.89. The van der Waals surface area contributed by atoms with Gasteiger partial charge in [-0.3, -0.25) is 0 Å². The van der Waals surface area contributed by atoms with E-state index in [0.717, 1.165) is 0 Å². The molecule has 0 amide bonds. The van der Waals surface area contributed by atoms with Gasteiger partial charge in [0.1, 0.15) is 4.20 Å². The highest BCUT2D eigenvalue weighted by molar-refractivity contribution is 8.32. The van der Waals surface area contributed by atoms with Crippen LogP contribution in [0.5, 0.6) is 0 Å². The lowest BCUT2D eigenvalue weighted by Gasteiger charge is -2.02. The fourth-order valence-corrected chi connectivity index (χ4v) is 1.89. The number of hydrogen-bond donors (Lipinski definition) is 0. The first-order valence-corrected chi connectivity index (χ1v) is 7.19. The van der Waals surface area contributed by atoms with Gasteiger partial charge in [0.15, 0.2) is 0 Å². The van der Waals surface area contributed by atoms with E-state index in [4.69, 9.17) is 33.9 Å². The molecule has 0 saturated carbocycles. The molecule has 0 atom stereocenters. The molecule has 0 spiro atoms.